The molecular formula is C13H20ClN5O2S. The number of hydrogen-bond donors (Lipinski definition) is 1. The first-order valence-corrected chi connectivity index (χ1v) is 8.87. The van der Waals surface area contributed by atoms with Gasteiger partial charge in [-0.15, -0.1) is 0 Å². The fourth-order valence-corrected chi connectivity index (χ4v) is 3.32. The summed E-state index contributed by atoms with van der Waals surface area (Å²) in [7, 11) is -1.80. The minimum absolute atomic E-state index is 0.00927. The van der Waals surface area contributed by atoms with Gasteiger partial charge in [-0.25, -0.2) is 13.1 Å². The summed E-state index contributed by atoms with van der Waals surface area (Å²) in [5.41, 5.74) is -0.328. The van der Waals surface area contributed by atoms with E-state index in [0.29, 0.717) is 16.9 Å². The fraction of sp³-hybridized carbons (Fsp3) is 0.538. The molecule has 122 valence electrons. The Labute approximate surface area is 135 Å². The molecule has 0 saturated carbocycles. The minimum Gasteiger partial charge on any atom is -0.363 e. The number of aromatic nitrogens is 4. The zero-order valence-corrected chi connectivity index (χ0v) is 14.8. The van der Waals surface area contributed by atoms with Crippen LogP contribution >= 0.6 is 11.6 Å². The van der Waals surface area contributed by atoms with E-state index < -0.39 is 9.84 Å². The fourth-order valence-electron chi connectivity index (χ4n) is 2.02. The lowest BCUT2D eigenvalue weighted by Gasteiger charge is -2.21. The molecule has 0 saturated heterocycles. The van der Waals surface area contributed by atoms with Crippen molar-refractivity contribution in [1.29, 1.82) is 0 Å². The van der Waals surface area contributed by atoms with E-state index >= 15 is 0 Å². The quantitative estimate of drug-likeness (QED) is 0.919. The number of halogens is 1. The van der Waals surface area contributed by atoms with Crippen molar-refractivity contribution >= 4 is 27.3 Å². The number of hydrogen-bond acceptors (Lipinski definition) is 5. The van der Waals surface area contributed by atoms with E-state index in [0.717, 1.165) is 0 Å². The Morgan fingerprint density at radius 3 is 2.45 bits per heavy atom. The van der Waals surface area contributed by atoms with Gasteiger partial charge in [-0.05, 0) is 26.8 Å². The molecule has 0 spiro atoms. The molecule has 0 fully saturated rings. The first-order valence-electron chi connectivity index (χ1n) is 6.84. The zero-order chi connectivity index (χ0) is 16.7. The molecule has 1 N–H and O–H groups in total. The molecule has 2 aromatic heterocycles. The average molecular weight is 346 g/mol. The maximum atomic E-state index is 12.4. The number of sulfone groups is 1. The second-order valence-corrected chi connectivity index (χ2v) is 8.57. The summed E-state index contributed by atoms with van der Waals surface area (Å²) in [6, 6.07) is 1.61. The number of nitrogens with zero attached hydrogens (tertiary/aromatic N) is 4. The van der Waals surface area contributed by atoms with E-state index in [1.54, 1.807) is 26.2 Å². The Balaban J connectivity index is 2.67. The summed E-state index contributed by atoms with van der Waals surface area (Å²) in [5, 5.41) is 7.68. The second kappa shape index (κ2) is 5.58. The van der Waals surface area contributed by atoms with Crippen molar-refractivity contribution in [2.75, 3.05) is 11.1 Å². The molecule has 9 heteroatoms. The van der Waals surface area contributed by atoms with Crippen LogP contribution in [0.4, 0.5) is 5.82 Å². The van der Waals surface area contributed by atoms with Gasteiger partial charge < -0.3 is 9.88 Å². The van der Waals surface area contributed by atoms with Crippen LogP contribution in [0.2, 0.25) is 5.15 Å². The SMILES string of the molecule is CCS(=O)(=O)c1c(NC(C)(C)C)nc(-n2ccc(Cl)n2)n1C. The predicted octanol–water partition coefficient (Wildman–Crippen LogP) is 2.26. The van der Waals surface area contributed by atoms with Crippen molar-refractivity contribution in [3.8, 4) is 5.95 Å². The second-order valence-electron chi connectivity index (χ2n) is 5.99. The van der Waals surface area contributed by atoms with Crippen LogP contribution in [0.15, 0.2) is 17.3 Å². The van der Waals surface area contributed by atoms with Gasteiger partial charge in [-0.1, -0.05) is 18.5 Å². The summed E-state index contributed by atoms with van der Waals surface area (Å²) >= 11 is 5.83. The first kappa shape index (κ1) is 16.8. The van der Waals surface area contributed by atoms with Crippen LogP contribution in [-0.4, -0.2) is 39.0 Å². The van der Waals surface area contributed by atoms with Gasteiger partial charge in [0.25, 0.3) is 0 Å². The Morgan fingerprint density at radius 1 is 1.36 bits per heavy atom. The molecule has 2 rings (SSSR count). The molecular weight excluding hydrogens is 326 g/mol. The van der Waals surface area contributed by atoms with E-state index in [2.05, 4.69) is 15.4 Å². The summed E-state index contributed by atoms with van der Waals surface area (Å²) < 4.78 is 27.8. The van der Waals surface area contributed by atoms with E-state index in [1.165, 1.54) is 9.25 Å². The van der Waals surface area contributed by atoms with Crippen molar-refractivity contribution in [3.05, 3.63) is 17.4 Å². The molecule has 7 nitrogen and oxygen atoms in total. The molecule has 22 heavy (non-hydrogen) atoms. The predicted molar refractivity (Wildman–Crippen MR) is 86.4 cm³/mol. The first-order chi connectivity index (χ1) is 10.0. The van der Waals surface area contributed by atoms with Gasteiger partial charge in [0.05, 0.1) is 5.75 Å². The molecule has 0 amide bonds. The van der Waals surface area contributed by atoms with Gasteiger partial charge in [-0.2, -0.15) is 10.1 Å². The molecule has 0 unspecified atom stereocenters. The van der Waals surface area contributed by atoms with E-state index in [-0.39, 0.29) is 16.3 Å². The van der Waals surface area contributed by atoms with Gasteiger partial charge in [0.15, 0.2) is 25.8 Å². The van der Waals surface area contributed by atoms with Crippen molar-refractivity contribution in [3.63, 3.8) is 0 Å². The maximum absolute atomic E-state index is 12.4. The summed E-state index contributed by atoms with van der Waals surface area (Å²) in [6.07, 6.45) is 1.63. The summed E-state index contributed by atoms with van der Waals surface area (Å²) in [5.74, 6) is 0.689. The smallest absolute Gasteiger partial charge is 0.233 e. The third-order valence-corrected chi connectivity index (χ3v) is 4.97. The highest BCUT2D eigenvalue weighted by Crippen LogP contribution is 2.27. The van der Waals surface area contributed by atoms with Gasteiger partial charge in [0.2, 0.25) is 5.95 Å². The minimum atomic E-state index is -3.45. The third kappa shape index (κ3) is 3.27. The van der Waals surface area contributed by atoms with E-state index in [1.807, 2.05) is 20.8 Å². The standard InChI is InChI=1S/C13H20ClN5O2S/c1-6-22(20,21)11-10(16-13(2,3)4)15-12(18(11)5)19-8-7-9(14)17-19/h7-8,16H,6H2,1-5H3. The van der Waals surface area contributed by atoms with E-state index in [4.69, 9.17) is 11.6 Å². The van der Waals surface area contributed by atoms with Crippen molar-refractivity contribution in [2.24, 2.45) is 7.05 Å². The van der Waals surface area contributed by atoms with E-state index in [9.17, 15) is 8.42 Å². The third-order valence-electron chi connectivity index (χ3n) is 2.95. The molecule has 0 radical (unpaired) electrons. The number of anilines is 1. The Hall–Kier alpha value is -1.54. The van der Waals surface area contributed by atoms with Gasteiger partial charge >= 0.3 is 0 Å². The number of nitrogens with one attached hydrogen (secondary N) is 1. The molecule has 2 heterocycles. The highest BCUT2D eigenvalue weighted by atomic mass is 35.5. The number of imidazole rings is 1. The Bertz CT molecular complexity index is 786. The average Bonchev–Trinajstić information content (AvgIpc) is 2.92. The summed E-state index contributed by atoms with van der Waals surface area (Å²) in [4.78, 5) is 4.41. The normalized spacial score (nSPS) is 12.6. The molecule has 0 aliphatic heterocycles. The van der Waals surface area contributed by atoms with Crippen LogP contribution < -0.4 is 5.32 Å². The van der Waals surface area contributed by atoms with Crippen LogP contribution in [0, 0.1) is 0 Å². The molecule has 0 bridgehead atoms. The van der Waals surface area contributed by atoms with Crippen molar-refractivity contribution < 1.29 is 8.42 Å². The van der Waals surface area contributed by atoms with Gasteiger partial charge in [0, 0.05) is 18.8 Å². The molecule has 0 aliphatic rings. The van der Waals surface area contributed by atoms with Crippen LogP contribution in [-0.2, 0) is 16.9 Å². The lowest BCUT2D eigenvalue weighted by Crippen LogP contribution is -2.27. The van der Waals surface area contributed by atoms with Crippen LogP contribution in [0.25, 0.3) is 5.95 Å². The van der Waals surface area contributed by atoms with Crippen molar-refractivity contribution in [2.45, 2.75) is 38.3 Å². The van der Waals surface area contributed by atoms with Crippen molar-refractivity contribution in [1.82, 2.24) is 19.3 Å². The van der Waals surface area contributed by atoms with Crippen LogP contribution in [0.3, 0.4) is 0 Å². The van der Waals surface area contributed by atoms with Crippen LogP contribution in [0.5, 0.6) is 0 Å². The molecule has 0 atom stereocenters. The molecule has 0 aromatic carbocycles. The highest BCUT2D eigenvalue weighted by molar-refractivity contribution is 7.91. The van der Waals surface area contributed by atoms with Gasteiger partial charge in [-0.3, -0.25) is 0 Å². The maximum Gasteiger partial charge on any atom is 0.233 e. The molecule has 2 aromatic rings. The highest BCUT2D eigenvalue weighted by Gasteiger charge is 2.28. The Morgan fingerprint density at radius 2 is 2.00 bits per heavy atom. The lowest BCUT2D eigenvalue weighted by atomic mass is 10.1. The Kier molecular flexibility index (Phi) is 4.27. The van der Waals surface area contributed by atoms with Gasteiger partial charge in [0.1, 0.15) is 0 Å². The largest absolute Gasteiger partial charge is 0.363 e. The molecule has 0 aliphatic carbocycles. The number of rotatable bonds is 4. The van der Waals surface area contributed by atoms with Crippen LogP contribution in [0.1, 0.15) is 27.7 Å². The topological polar surface area (TPSA) is 81.8 Å². The summed E-state index contributed by atoms with van der Waals surface area (Å²) in [6.45, 7) is 7.42. The zero-order valence-electron chi connectivity index (χ0n) is 13.3. The monoisotopic (exact) mass is 345 g/mol. The lowest BCUT2D eigenvalue weighted by molar-refractivity contribution is 0.583.